The molecule has 20 heavy (non-hydrogen) atoms. The summed E-state index contributed by atoms with van der Waals surface area (Å²) in [7, 11) is 1.75. The van der Waals surface area contributed by atoms with Gasteiger partial charge in [0.25, 0.3) is 0 Å². The zero-order chi connectivity index (χ0) is 13.9. The molecular formula is C14H16N4O2. The maximum atomic E-state index is 12.6. The smallest absolute Gasteiger partial charge is 0.247 e. The first-order valence-corrected chi connectivity index (χ1v) is 6.57. The molecule has 1 aliphatic rings. The molecule has 0 aromatic carbocycles. The number of carbonyl (C=O) groups excluding carboxylic acids is 1. The number of hydrogen-bond donors (Lipinski definition) is 1. The Labute approximate surface area is 116 Å². The van der Waals surface area contributed by atoms with Crippen molar-refractivity contribution in [3.8, 4) is 0 Å². The Kier molecular flexibility index (Phi) is 3.47. The Balaban J connectivity index is 1.84. The normalized spacial score (nSPS) is 18.8. The minimum absolute atomic E-state index is 0.0137. The van der Waals surface area contributed by atoms with Crippen molar-refractivity contribution in [2.24, 2.45) is 0 Å². The van der Waals surface area contributed by atoms with Crippen molar-refractivity contribution in [3.63, 3.8) is 0 Å². The second-order valence-electron chi connectivity index (χ2n) is 4.75. The lowest BCUT2D eigenvalue weighted by molar-refractivity contribution is -0.134. The van der Waals surface area contributed by atoms with E-state index >= 15 is 0 Å². The summed E-state index contributed by atoms with van der Waals surface area (Å²) in [5, 5.41) is 3.01. The third-order valence-corrected chi connectivity index (χ3v) is 3.52. The second kappa shape index (κ2) is 5.42. The van der Waals surface area contributed by atoms with Crippen molar-refractivity contribution in [2.45, 2.75) is 19.0 Å². The Morgan fingerprint density at radius 3 is 3.00 bits per heavy atom. The maximum Gasteiger partial charge on any atom is 0.247 e. The van der Waals surface area contributed by atoms with Crippen molar-refractivity contribution >= 4 is 5.91 Å². The number of pyridine rings is 1. The predicted octanol–water partition coefficient (Wildman–Crippen LogP) is 0.915. The van der Waals surface area contributed by atoms with E-state index in [0.717, 1.165) is 11.3 Å². The van der Waals surface area contributed by atoms with Crippen LogP contribution < -0.4 is 5.32 Å². The molecule has 1 unspecified atom stereocenters. The van der Waals surface area contributed by atoms with Crippen LogP contribution in [-0.4, -0.2) is 34.4 Å². The molecule has 2 aromatic heterocycles. The van der Waals surface area contributed by atoms with E-state index in [1.54, 1.807) is 19.4 Å². The standard InChI is InChI=1S/C14H16N4O2/c1-15-12-13-11(17-9-20-13)4-7-18(14(12)19)8-10-2-5-16-6-3-10/h2-3,5-6,9,12,15H,4,7-8H2,1H3. The Morgan fingerprint density at radius 2 is 2.25 bits per heavy atom. The molecule has 3 rings (SSSR count). The lowest BCUT2D eigenvalue weighted by atomic mass is 10.1. The number of likely N-dealkylation sites (N-methyl/N-ethyl adjacent to an activating group) is 1. The molecule has 6 heteroatoms. The van der Waals surface area contributed by atoms with E-state index in [1.807, 2.05) is 17.0 Å². The van der Waals surface area contributed by atoms with Crippen LogP contribution in [0.3, 0.4) is 0 Å². The van der Waals surface area contributed by atoms with Crippen LogP contribution in [0.1, 0.15) is 23.1 Å². The van der Waals surface area contributed by atoms with Gasteiger partial charge in [0.2, 0.25) is 5.91 Å². The van der Waals surface area contributed by atoms with Crippen LogP contribution in [0.2, 0.25) is 0 Å². The summed E-state index contributed by atoms with van der Waals surface area (Å²) in [4.78, 5) is 22.6. The number of amides is 1. The minimum Gasteiger partial charge on any atom is -0.446 e. The highest BCUT2D eigenvalue weighted by Crippen LogP contribution is 2.24. The summed E-state index contributed by atoms with van der Waals surface area (Å²) in [6.45, 7) is 1.21. The van der Waals surface area contributed by atoms with E-state index in [-0.39, 0.29) is 5.91 Å². The minimum atomic E-state index is -0.461. The molecule has 0 radical (unpaired) electrons. The van der Waals surface area contributed by atoms with Gasteiger partial charge in [0.05, 0.1) is 5.69 Å². The number of nitrogens with zero attached hydrogens (tertiary/aromatic N) is 3. The van der Waals surface area contributed by atoms with E-state index in [2.05, 4.69) is 15.3 Å². The van der Waals surface area contributed by atoms with Crippen LogP contribution in [0.4, 0.5) is 0 Å². The average molecular weight is 272 g/mol. The molecule has 2 aromatic rings. The highest BCUT2D eigenvalue weighted by atomic mass is 16.3. The third-order valence-electron chi connectivity index (χ3n) is 3.52. The second-order valence-corrected chi connectivity index (χ2v) is 4.75. The topological polar surface area (TPSA) is 71.3 Å². The fourth-order valence-corrected chi connectivity index (χ4v) is 2.47. The molecule has 0 aliphatic carbocycles. The third kappa shape index (κ3) is 2.30. The van der Waals surface area contributed by atoms with Gasteiger partial charge in [-0.15, -0.1) is 0 Å². The van der Waals surface area contributed by atoms with Gasteiger partial charge in [0.1, 0.15) is 6.04 Å². The summed E-state index contributed by atoms with van der Waals surface area (Å²) in [5.74, 6) is 0.648. The van der Waals surface area contributed by atoms with Crippen molar-refractivity contribution in [3.05, 3.63) is 47.9 Å². The van der Waals surface area contributed by atoms with Gasteiger partial charge in [-0.1, -0.05) is 0 Å². The van der Waals surface area contributed by atoms with Gasteiger partial charge >= 0.3 is 0 Å². The number of rotatable bonds is 3. The van der Waals surface area contributed by atoms with Gasteiger partial charge in [-0.3, -0.25) is 9.78 Å². The first-order valence-electron chi connectivity index (χ1n) is 6.57. The summed E-state index contributed by atoms with van der Waals surface area (Å²) in [6.07, 6.45) is 5.58. The van der Waals surface area contributed by atoms with Gasteiger partial charge in [0.15, 0.2) is 12.2 Å². The number of carbonyl (C=O) groups is 1. The quantitative estimate of drug-likeness (QED) is 0.899. The van der Waals surface area contributed by atoms with E-state index in [1.165, 1.54) is 6.39 Å². The molecule has 104 valence electrons. The van der Waals surface area contributed by atoms with Gasteiger partial charge in [-0.2, -0.15) is 0 Å². The monoisotopic (exact) mass is 272 g/mol. The Bertz CT molecular complexity index is 596. The van der Waals surface area contributed by atoms with Crippen LogP contribution >= 0.6 is 0 Å². The average Bonchev–Trinajstić information content (AvgIpc) is 2.89. The summed E-state index contributed by atoms with van der Waals surface area (Å²) in [5.41, 5.74) is 1.92. The number of fused-ring (bicyclic) bond motifs is 1. The van der Waals surface area contributed by atoms with E-state index in [0.29, 0.717) is 25.3 Å². The van der Waals surface area contributed by atoms with Crippen LogP contribution in [0.25, 0.3) is 0 Å². The lowest BCUT2D eigenvalue weighted by Crippen LogP contribution is -2.38. The number of aromatic nitrogens is 2. The molecule has 0 bridgehead atoms. The van der Waals surface area contributed by atoms with Gasteiger partial charge < -0.3 is 14.6 Å². The Hall–Kier alpha value is -2.21. The van der Waals surface area contributed by atoms with Gasteiger partial charge in [-0.05, 0) is 24.7 Å². The van der Waals surface area contributed by atoms with E-state index in [4.69, 9.17) is 4.42 Å². The molecule has 1 atom stereocenters. The summed E-state index contributed by atoms with van der Waals surface area (Å²) in [6, 6.07) is 3.38. The maximum absolute atomic E-state index is 12.6. The van der Waals surface area contributed by atoms with E-state index in [9.17, 15) is 4.79 Å². The highest BCUT2D eigenvalue weighted by molar-refractivity contribution is 5.83. The molecule has 0 spiro atoms. The van der Waals surface area contributed by atoms with Crippen molar-refractivity contribution in [1.82, 2.24) is 20.2 Å². The molecule has 1 aliphatic heterocycles. The molecule has 3 heterocycles. The fourth-order valence-electron chi connectivity index (χ4n) is 2.47. The molecule has 0 fully saturated rings. The van der Waals surface area contributed by atoms with Crippen LogP contribution in [0.15, 0.2) is 35.3 Å². The molecule has 1 N–H and O–H groups in total. The largest absolute Gasteiger partial charge is 0.446 e. The first kappa shape index (κ1) is 12.8. The van der Waals surface area contributed by atoms with Crippen molar-refractivity contribution < 1.29 is 9.21 Å². The van der Waals surface area contributed by atoms with Crippen LogP contribution in [0, 0.1) is 0 Å². The summed E-state index contributed by atoms with van der Waals surface area (Å²) < 4.78 is 5.38. The van der Waals surface area contributed by atoms with Crippen LogP contribution in [0.5, 0.6) is 0 Å². The predicted molar refractivity (Wildman–Crippen MR) is 71.7 cm³/mol. The number of nitrogens with one attached hydrogen (secondary N) is 1. The van der Waals surface area contributed by atoms with Crippen LogP contribution in [-0.2, 0) is 17.8 Å². The fraction of sp³-hybridized carbons (Fsp3) is 0.357. The van der Waals surface area contributed by atoms with Gasteiger partial charge in [0, 0.05) is 31.9 Å². The number of oxazole rings is 1. The highest BCUT2D eigenvalue weighted by Gasteiger charge is 2.33. The first-order chi connectivity index (χ1) is 9.79. The molecule has 0 saturated heterocycles. The molecule has 0 saturated carbocycles. The molecule has 6 nitrogen and oxygen atoms in total. The summed E-state index contributed by atoms with van der Waals surface area (Å²) >= 11 is 0. The van der Waals surface area contributed by atoms with Gasteiger partial charge in [-0.25, -0.2) is 4.98 Å². The molecular weight excluding hydrogens is 256 g/mol. The molecule has 1 amide bonds. The Morgan fingerprint density at radius 1 is 1.45 bits per heavy atom. The van der Waals surface area contributed by atoms with Crippen molar-refractivity contribution in [2.75, 3.05) is 13.6 Å². The van der Waals surface area contributed by atoms with Crippen molar-refractivity contribution in [1.29, 1.82) is 0 Å². The zero-order valence-electron chi connectivity index (χ0n) is 11.2. The number of hydrogen-bond acceptors (Lipinski definition) is 5. The zero-order valence-corrected chi connectivity index (χ0v) is 11.2. The SMILES string of the molecule is CNC1C(=O)N(Cc2ccncc2)CCc2ncoc21. The van der Waals surface area contributed by atoms with E-state index < -0.39 is 6.04 Å². The lowest BCUT2D eigenvalue weighted by Gasteiger charge is -2.23.